The van der Waals surface area contributed by atoms with Crippen LogP contribution in [0.15, 0.2) is 60.8 Å². The Morgan fingerprint density at radius 1 is 1.22 bits per heavy atom. The van der Waals surface area contributed by atoms with Gasteiger partial charge in [0, 0.05) is 41.9 Å². The van der Waals surface area contributed by atoms with E-state index in [1.54, 1.807) is 36.5 Å². The van der Waals surface area contributed by atoms with Gasteiger partial charge in [-0.25, -0.2) is 0 Å². The van der Waals surface area contributed by atoms with Crippen LogP contribution >= 0.6 is 0 Å². The maximum atomic E-state index is 12.7. The number of alkyl halides is 3. The third-order valence-corrected chi connectivity index (χ3v) is 4.39. The van der Waals surface area contributed by atoms with E-state index < -0.39 is 12.8 Å². The van der Waals surface area contributed by atoms with Gasteiger partial charge in [0.25, 0.3) is 0 Å². The van der Waals surface area contributed by atoms with Crippen LogP contribution in [0.1, 0.15) is 6.92 Å². The van der Waals surface area contributed by atoms with Crippen LogP contribution in [0, 0.1) is 11.3 Å². The van der Waals surface area contributed by atoms with Crippen LogP contribution in [0.4, 0.5) is 24.5 Å². The fourth-order valence-electron chi connectivity index (χ4n) is 3.03. The van der Waals surface area contributed by atoms with E-state index in [2.05, 4.69) is 22.2 Å². The van der Waals surface area contributed by atoms with Crippen molar-refractivity contribution in [3.63, 3.8) is 0 Å². The number of amides is 1. The summed E-state index contributed by atoms with van der Waals surface area (Å²) in [5, 5.41) is 16.0. The second-order valence-corrected chi connectivity index (χ2v) is 6.96. The number of nitriles is 1. The summed E-state index contributed by atoms with van der Waals surface area (Å²) in [5.41, 5.74) is 2.33. The van der Waals surface area contributed by atoms with Crippen molar-refractivity contribution in [1.82, 2.24) is 4.98 Å². The lowest BCUT2D eigenvalue weighted by Crippen LogP contribution is -2.20. The molecule has 0 radical (unpaired) electrons. The minimum atomic E-state index is -4.50. The molecule has 32 heavy (non-hydrogen) atoms. The number of carbonyl (C=O) groups excluding carboxylic acids is 1. The van der Waals surface area contributed by atoms with Crippen molar-refractivity contribution in [2.75, 3.05) is 23.8 Å². The summed E-state index contributed by atoms with van der Waals surface area (Å²) >= 11 is 0. The van der Waals surface area contributed by atoms with Crippen molar-refractivity contribution < 1.29 is 22.7 Å². The monoisotopic (exact) mass is 440 g/mol. The zero-order valence-electron chi connectivity index (χ0n) is 17.1. The quantitative estimate of drug-likeness (QED) is 0.488. The van der Waals surface area contributed by atoms with E-state index in [-0.39, 0.29) is 23.8 Å². The van der Waals surface area contributed by atoms with Crippen molar-refractivity contribution >= 4 is 28.1 Å². The standard InChI is InChI=1S/C23H19F3N4O2/c1-14(11-27)12-29-22-19-9-17(20-10-18(7-8-28-20)30-15(2)31)4-3-16(19)5-6-21(22)32-13-23(24,25)26/h3-10,29H,1,12-13H2,2H3,(H,28,30,31). The molecule has 2 aromatic carbocycles. The van der Waals surface area contributed by atoms with Crippen LogP contribution < -0.4 is 15.4 Å². The molecule has 0 atom stereocenters. The molecule has 0 aliphatic heterocycles. The Morgan fingerprint density at radius 2 is 1.97 bits per heavy atom. The first-order chi connectivity index (χ1) is 15.2. The smallest absolute Gasteiger partial charge is 0.422 e. The number of pyridine rings is 1. The largest absolute Gasteiger partial charge is 0.482 e. The van der Waals surface area contributed by atoms with E-state index in [0.717, 1.165) is 5.39 Å². The van der Waals surface area contributed by atoms with Crippen LogP contribution in [0.2, 0.25) is 0 Å². The molecule has 2 N–H and O–H groups in total. The summed E-state index contributed by atoms with van der Waals surface area (Å²) in [6.07, 6.45) is -2.96. The fourth-order valence-corrected chi connectivity index (χ4v) is 3.03. The number of ether oxygens (including phenoxy) is 1. The highest BCUT2D eigenvalue weighted by Gasteiger charge is 2.29. The Kier molecular flexibility index (Phi) is 6.64. The highest BCUT2D eigenvalue weighted by molar-refractivity contribution is 5.99. The summed E-state index contributed by atoms with van der Waals surface area (Å²) in [4.78, 5) is 15.7. The number of aromatic nitrogens is 1. The van der Waals surface area contributed by atoms with Gasteiger partial charge in [-0.1, -0.05) is 24.8 Å². The summed E-state index contributed by atoms with van der Waals surface area (Å²) in [6.45, 7) is 3.58. The van der Waals surface area contributed by atoms with Crippen molar-refractivity contribution in [3.05, 3.63) is 60.8 Å². The summed E-state index contributed by atoms with van der Waals surface area (Å²) in [5.74, 6) is -0.228. The van der Waals surface area contributed by atoms with Gasteiger partial charge in [-0.15, -0.1) is 0 Å². The van der Waals surface area contributed by atoms with E-state index in [1.165, 1.54) is 13.0 Å². The molecule has 0 saturated heterocycles. The average Bonchev–Trinajstić information content (AvgIpc) is 2.74. The number of hydrogen-bond donors (Lipinski definition) is 2. The van der Waals surface area contributed by atoms with Crippen LogP contribution in [0.5, 0.6) is 5.75 Å². The van der Waals surface area contributed by atoms with Crippen LogP contribution in [0.25, 0.3) is 22.0 Å². The first-order valence-electron chi connectivity index (χ1n) is 9.48. The van der Waals surface area contributed by atoms with Gasteiger partial charge >= 0.3 is 6.18 Å². The highest BCUT2D eigenvalue weighted by Crippen LogP contribution is 2.37. The van der Waals surface area contributed by atoms with Gasteiger partial charge in [0.15, 0.2) is 6.61 Å². The molecule has 0 unspecified atom stereocenters. The zero-order valence-corrected chi connectivity index (χ0v) is 17.1. The molecule has 1 heterocycles. The summed E-state index contributed by atoms with van der Waals surface area (Å²) in [7, 11) is 0. The second-order valence-electron chi connectivity index (χ2n) is 6.96. The van der Waals surface area contributed by atoms with E-state index in [4.69, 9.17) is 10.00 Å². The predicted molar refractivity (Wildman–Crippen MR) is 116 cm³/mol. The van der Waals surface area contributed by atoms with Crippen molar-refractivity contribution in [1.29, 1.82) is 5.26 Å². The maximum absolute atomic E-state index is 12.7. The molecular formula is C23H19F3N4O2. The van der Waals surface area contributed by atoms with Gasteiger partial charge in [-0.3, -0.25) is 9.78 Å². The van der Waals surface area contributed by atoms with Gasteiger partial charge in [0.2, 0.25) is 5.91 Å². The summed E-state index contributed by atoms with van der Waals surface area (Å²) < 4.78 is 43.2. The number of hydrogen-bond acceptors (Lipinski definition) is 5. The Balaban J connectivity index is 2.07. The first kappa shape index (κ1) is 22.6. The van der Waals surface area contributed by atoms with E-state index >= 15 is 0 Å². The first-order valence-corrected chi connectivity index (χ1v) is 9.48. The zero-order chi connectivity index (χ0) is 23.3. The molecule has 1 amide bonds. The van der Waals surface area contributed by atoms with Gasteiger partial charge in [0.05, 0.1) is 17.5 Å². The number of anilines is 2. The molecule has 0 saturated carbocycles. The number of rotatable bonds is 7. The van der Waals surface area contributed by atoms with Gasteiger partial charge in [0.1, 0.15) is 5.75 Å². The lowest BCUT2D eigenvalue weighted by atomic mass is 10.0. The van der Waals surface area contributed by atoms with E-state index in [9.17, 15) is 18.0 Å². The molecule has 0 spiro atoms. The lowest BCUT2D eigenvalue weighted by Gasteiger charge is -2.17. The molecule has 1 aromatic heterocycles. The molecule has 0 aliphatic rings. The number of nitrogens with zero attached hydrogens (tertiary/aromatic N) is 2. The topological polar surface area (TPSA) is 87.0 Å². The normalized spacial score (nSPS) is 11.0. The third kappa shape index (κ3) is 5.76. The minimum absolute atomic E-state index is 0.00216. The van der Waals surface area contributed by atoms with E-state index in [0.29, 0.717) is 28.0 Å². The van der Waals surface area contributed by atoms with Crippen LogP contribution in [-0.4, -0.2) is 30.2 Å². The Morgan fingerprint density at radius 3 is 2.66 bits per heavy atom. The van der Waals surface area contributed by atoms with Crippen molar-refractivity contribution in [3.8, 4) is 23.1 Å². The highest BCUT2D eigenvalue weighted by atomic mass is 19.4. The predicted octanol–water partition coefficient (Wildman–Crippen LogP) is 5.29. The van der Waals surface area contributed by atoms with Gasteiger partial charge < -0.3 is 15.4 Å². The molecule has 164 valence electrons. The Labute approximate surface area is 182 Å². The third-order valence-electron chi connectivity index (χ3n) is 4.39. The molecule has 0 aliphatic carbocycles. The molecule has 6 nitrogen and oxygen atoms in total. The maximum Gasteiger partial charge on any atom is 0.422 e. The van der Waals surface area contributed by atoms with Gasteiger partial charge in [-0.05, 0) is 29.7 Å². The number of nitrogens with one attached hydrogen (secondary N) is 2. The Bertz CT molecular complexity index is 1220. The molecule has 0 bridgehead atoms. The molecule has 3 rings (SSSR count). The lowest BCUT2D eigenvalue weighted by molar-refractivity contribution is -0.153. The molecule has 9 heteroatoms. The molecular weight excluding hydrogens is 421 g/mol. The van der Waals surface area contributed by atoms with Crippen LogP contribution in [-0.2, 0) is 4.79 Å². The van der Waals surface area contributed by atoms with Gasteiger partial charge in [-0.2, -0.15) is 18.4 Å². The van der Waals surface area contributed by atoms with Crippen molar-refractivity contribution in [2.45, 2.75) is 13.1 Å². The number of carbonyl (C=O) groups is 1. The number of fused-ring (bicyclic) bond motifs is 1. The average molecular weight is 440 g/mol. The minimum Gasteiger partial charge on any atom is -0.482 e. The SMILES string of the molecule is C=C(C#N)CNc1c(OCC(F)(F)F)ccc2ccc(-c3cc(NC(C)=O)ccn3)cc12. The second kappa shape index (κ2) is 9.39. The van der Waals surface area contributed by atoms with Crippen molar-refractivity contribution in [2.24, 2.45) is 0 Å². The summed E-state index contributed by atoms with van der Waals surface area (Å²) in [6, 6.07) is 13.7. The molecule has 0 fully saturated rings. The van der Waals surface area contributed by atoms with E-state index in [1.807, 2.05) is 12.1 Å². The fraction of sp³-hybridized carbons (Fsp3) is 0.174. The van der Waals surface area contributed by atoms with Crippen LogP contribution in [0.3, 0.4) is 0 Å². The number of halogens is 3. The number of benzene rings is 2. The Hall–Kier alpha value is -4.06. The molecule has 3 aromatic rings.